The van der Waals surface area contributed by atoms with Crippen molar-refractivity contribution in [2.75, 3.05) is 18.8 Å². The zero-order chi connectivity index (χ0) is 16.0. The molecule has 0 spiro atoms. The van der Waals surface area contributed by atoms with E-state index in [-0.39, 0.29) is 17.1 Å². The number of nitrogens with zero attached hydrogens (tertiary/aromatic N) is 3. The molecule has 0 aromatic carbocycles. The van der Waals surface area contributed by atoms with Gasteiger partial charge in [-0.3, -0.25) is 5.10 Å². The second kappa shape index (κ2) is 5.60. The fourth-order valence-corrected chi connectivity index (χ4v) is 5.15. The normalized spacial score (nSPS) is 24.6. The van der Waals surface area contributed by atoms with Gasteiger partial charge in [0, 0.05) is 24.9 Å². The topological polar surface area (TPSA) is 79.0 Å². The van der Waals surface area contributed by atoms with Gasteiger partial charge in [0.05, 0.1) is 5.75 Å². The van der Waals surface area contributed by atoms with E-state index in [1.165, 1.54) is 12.8 Å². The predicted octanol–water partition coefficient (Wildman–Crippen LogP) is 2.24. The molecular weight excluding hydrogens is 300 g/mol. The summed E-state index contributed by atoms with van der Waals surface area (Å²) in [4.78, 5) is 4.60. The highest BCUT2D eigenvalue weighted by Crippen LogP contribution is 2.38. The second-order valence-corrected chi connectivity index (χ2v) is 9.84. The average Bonchev–Trinajstić information content (AvgIpc) is 3.14. The molecule has 1 N–H and O–H groups in total. The number of hydrogen-bond donors (Lipinski definition) is 1. The van der Waals surface area contributed by atoms with Crippen LogP contribution < -0.4 is 0 Å². The summed E-state index contributed by atoms with van der Waals surface area (Å²) < 4.78 is 26.8. The first-order valence-electron chi connectivity index (χ1n) is 8.15. The Bertz CT molecular complexity index is 628. The third kappa shape index (κ3) is 3.68. The maximum Gasteiger partial charge on any atom is 0.214 e. The van der Waals surface area contributed by atoms with Gasteiger partial charge < -0.3 is 0 Å². The smallest absolute Gasteiger partial charge is 0.214 e. The lowest BCUT2D eigenvalue weighted by Gasteiger charge is -2.32. The average molecular weight is 326 g/mol. The molecule has 7 heteroatoms. The Morgan fingerprint density at radius 2 is 1.95 bits per heavy atom. The second-order valence-electron chi connectivity index (χ2n) is 7.87. The van der Waals surface area contributed by atoms with Gasteiger partial charge in [-0.1, -0.05) is 20.8 Å². The SMILES string of the molecule is CC(C)(C)CS(=O)(=O)N1CCCC(c2n[nH]c(C3CC3)n2)C1. The van der Waals surface area contributed by atoms with Crippen molar-refractivity contribution in [2.45, 2.75) is 58.3 Å². The van der Waals surface area contributed by atoms with Crippen molar-refractivity contribution in [3.63, 3.8) is 0 Å². The lowest BCUT2D eigenvalue weighted by Crippen LogP contribution is -2.42. The van der Waals surface area contributed by atoms with Crippen LogP contribution in [0, 0.1) is 5.41 Å². The van der Waals surface area contributed by atoms with Gasteiger partial charge in [0.1, 0.15) is 5.82 Å². The van der Waals surface area contributed by atoms with Crippen LogP contribution in [0.2, 0.25) is 0 Å². The fraction of sp³-hybridized carbons (Fsp3) is 0.867. The zero-order valence-electron chi connectivity index (χ0n) is 13.7. The largest absolute Gasteiger partial charge is 0.263 e. The van der Waals surface area contributed by atoms with Crippen LogP contribution in [0.5, 0.6) is 0 Å². The van der Waals surface area contributed by atoms with Crippen LogP contribution in [0.3, 0.4) is 0 Å². The Morgan fingerprint density at radius 3 is 2.59 bits per heavy atom. The Balaban J connectivity index is 1.70. The van der Waals surface area contributed by atoms with Crippen molar-refractivity contribution < 1.29 is 8.42 Å². The summed E-state index contributed by atoms with van der Waals surface area (Å²) in [5, 5.41) is 7.36. The minimum absolute atomic E-state index is 0.118. The molecule has 1 aliphatic heterocycles. The van der Waals surface area contributed by atoms with E-state index in [0.29, 0.717) is 19.0 Å². The van der Waals surface area contributed by atoms with Crippen LogP contribution in [0.25, 0.3) is 0 Å². The predicted molar refractivity (Wildman–Crippen MR) is 85.1 cm³/mol. The van der Waals surface area contributed by atoms with Crippen molar-refractivity contribution in [3.8, 4) is 0 Å². The Hall–Kier alpha value is -0.950. The number of rotatable bonds is 4. The highest BCUT2D eigenvalue weighted by Gasteiger charge is 2.35. The minimum Gasteiger partial charge on any atom is -0.263 e. The molecule has 2 heterocycles. The number of piperidine rings is 1. The van der Waals surface area contributed by atoms with Gasteiger partial charge in [0.25, 0.3) is 0 Å². The molecule has 1 unspecified atom stereocenters. The summed E-state index contributed by atoms with van der Waals surface area (Å²) in [6, 6.07) is 0. The molecule has 22 heavy (non-hydrogen) atoms. The van der Waals surface area contributed by atoms with E-state index in [1.807, 2.05) is 20.8 Å². The molecule has 1 aliphatic carbocycles. The van der Waals surface area contributed by atoms with E-state index < -0.39 is 10.0 Å². The van der Waals surface area contributed by atoms with E-state index in [2.05, 4.69) is 15.2 Å². The number of aromatic amines is 1. The molecule has 1 aromatic rings. The van der Waals surface area contributed by atoms with Gasteiger partial charge >= 0.3 is 0 Å². The van der Waals surface area contributed by atoms with Gasteiger partial charge in [0.2, 0.25) is 10.0 Å². The van der Waals surface area contributed by atoms with Crippen LogP contribution >= 0.6 is 0 Å². The first-order chi connectivity index (χ1) is 10.2. The molecule has 1 saturated heterocycles. The van der Waals surface area contributed by atoms with Crippen molar-refractivity contribution in [2.24, 2.45) is 5.41 Å². The molecule has 0 amide bonds. The summed E-state index contributed by atoms with van der Waals surface area (Å²) in [7, 11) is -3.21. The van der Waals surface area contributed by atoms with Crippen molar-refractivity contribution in [3.05, 3.63) is 11.6 Å². The highest BCUT2D eigenvalue weighted by molar-refractivity contribution is 7.89. The number of aromatic nitrogens is 3. The summed E-state index contributed by atoms with van der Waals surface area (Å²) in [6.45, 7) is 7.02. The molecule has 0 radical (unpaired) electrons. The molecule has 6 nitrogen and oxygen atoms in total. The van der Waals surface area contributed by atoms with E-state index in [9.17, 15) is 8.42 Å². The van der Waals surface area contributed by atoms with Crippen molar-refractivity contribution >= 4 is 10.0 Å². The molecular formula is C15H26N4O2S. The Morgan fingerprint density at radius 1 is 1.23 bits per heavy atom. The van der Waals surface area contributed by atoms with Crippen LogP contribution in [0.15, 0.2) is 0 Å². The number of sulfonamides is 1. The van der Waals surface area contributed by atoms with Gasteiger partial charge in [-0.2, -0.15) is 5.10 Å². The molecule has 1 saturated carbocycles. The van der Waals surface area contributed by atoms with Gasteiger partial charge in [-0.05, 0) is 31.1 Å². The highest BCUT2D eigenvalue weighted by atomic mass is 32.2. The fourth-order valence-electron chi connectivity index (χ4n) is 3.05. The number of hydrogen-bond acceptors (Lipinski definition) is 4. The summed E-state index contributed by atoms with van der Waals surface area (Å²) in [5.74, 6) is 2.62. The maximum absolute atomic E-state index is 12.6. The standard InChI is InChI=1S/C15H26N4O2S/c1-15(2,3)10-22(20,21)19-8-4-5-12(9-19)14-16-13(17-18-14)11-6-7-11/h11-12H,4-10H2,1-3H3,(H,16,17,18). The monoisotopic (exact) mass is 326 g/mol. The van der Waals surface area contributed by atoms with Gasteiger partial charge in [-0.25, -0.2) is 17.7 Å². The van der Waals surface area contributed by atoms with Gasteiger partial charge in [-0.15, -0.1) is 0 Å². The van der Waals surface area contributed by atoms with Crippen molar-refractivity contribution in [1.82, 2.24) is 19.5 Å². The molecule has 124 valence electrons. The Kier molecular flexibility index (Phi) is 4.05. The minimum atomic E-state index is -3.21. The number of H-pyrrole nitrogens is 1. The number of nitrogens with one attached hydrogen (secondary N) is 1. The van der Waals surface area contributed by atoms with E-state index >= 15 is 0 Å². The van der Waals surface area contributed by atoms with Gasteiger partial charge in [0.15, 0.2) is 5.82 Å². The third-order valence-electron chi connectivity index (χ3n) is 4.24. The van der Waals surface area contributed by atoms with Crippen LogP contribution in [-0.2, 0) is 10.0 Å². The Labute approximate surface area is 132 Å². The molecule has 2 aliphatic rings. The van der Waals surface area contributed by atoms with E-state index in [1.54, 1.807) is 4.31 Å². The molecule has 1 atom stereocenters. The van der Waals surface area contributed by atoms with E-state index in [0.717, 1.165) is 24.5 Å². The summed E-state index contributed by atoms with van der Waals surface area (Å²) >= 11 is 0. The van der Waals surface area contributed by atoms with Crippen LogP contribution in [-0.4, -0.2) is 46.7 Å². The molecule has 2 fully saturated rings. The lowest BCUT2D eigenvalue weighted by molar-refractivity contribution is 0.303. The zero-order valence-corrected chi connectivity index (χ0v) is 14.5. The van der Waals surface area contributed by atoms with Crippen molar-refractivity contribution in [1.29, 1.82) is 0 Å². The van der Waals surface area contributed by atoms with Crippen LogP contribution in [0.1, 0.15) is 69.9 Å². The quantitative estimate of drug-likeness (QED) is 0.920. The molecule has 0 bridgehead atoms. The molecule has 3 rings (SSSR count). The summed E-state index contributed by atoms with van der Waals surface area (Å²) in [5.41, 5.74) is -0.227. The van der Waals surface area contributed by atoms with Crippen LogP contribution in [0.4, 0.5) is 0 Å². The third-order valence-corrected chi connectivity index (χ3v) is 6.59. The first kappa shape index (κ1) is 15.9. The first-order valence-corrected chi connectivity index (χ1v) is 9.75. The molecule has 1 aromatic heterocycles. The lowest BCUT2D eigenvalue weighted by atomic mass is 9.99. The maximum atomic E-state index is 12.6. The van der Waals surface area contributed by atoms with E-state index in [4.69, 9.17) is 0 Å². The summed E-state index contributed by atoms with van der Waals surface area (Å²) in [6.07, 6.45) is 4.21.